The summed E-state index contributed by atoms with van der Waals surface area (Å²) in [7, 11) is 0. The summed E-state index contributed by atoms with van der Waals surface area (Å²) < 4.78 is 15.7. The second-order valence-electron chi connectivity index (χ2n) is 8.04. The number of aryl methyl sites for hydroxylation is 2. The van der Waals surface area contributed by atoms with Crippen LogP contribution in [0.3, 0.4) is 0 Å². The number of aromatic nitrogens is 2. The molecular weight excluding hydrogens is 419 g/mol. The maximum Gasteiger partial charge on any atom is 0.174 e. The molecule has 5 rings (SSSR count). The number of pyridine rings is 1. The van der Waals surface area contributed by atoms with Crippen LogP contribution in [-0.4, -0.2) is 14.7 Å². The van der Waals surface area contributed by atoms with Gasteiger partial charge in [-0.3, -0.25) is 4.98 Å². The molecule has 0 unspecified atom stereocenters. The van der Waals surface area contributed by atoms with Gasteiger partial charge in [-0.05, 0) is 97.9 Å². The van der Waals surface area contributed by atoms with Crippen LogP contribution < -0.4 is 10.2 Å². The van der Waals surface area contributed by atoms with Gasteiger partial charge in [0.1, 0.15) is 11.9 Å². The van der Waals surface area contributed by atoms with Crippen LogP contribution in [0, 0.1) is 19.7 Å². The topological polar surface area (TPSA) is 33.1 Å². The largest absolute Gasteiger partial charge is 0.351 e. The van der Waals surface area contributed by atoms with Gasteiger partial charge in [0, 0.05) is 29.5 Å². The Morgan fingerprint density at radius 3 is 2.41 bits per heavy atom. The van der Waals surface area contributed by atoms with Crippen molar-refractivity contribution in [2.24, 2.45) is 0 Å². The average molecular weight is 443 g/mol. The molecule has 0 bridgehead atoms. The molecule has 1 N–H and O–H groups in total. The van der Waals surface area contributed by atoms with Crippen LogP contribution >= 0.6 is 12.2 Å². The minimum atomic E-state index is -0.255. The Morgan fingerprint density at radius 1 is 0.906 bits per heavy atom. The summed E-state index contributed by atoms with van der Waals surface area (Å²) in [6, 6.07) is 22.7. The van der Waals surface area contributed by atoms with Crippen molar-refractivity contribution >= 4 is 23.0 Å². The van der Waals surface area contributed by atoms with Gasteiger partial charge in [-0.1, -0.05) is 12.1 Å². The maximum absolute atomic E-state index is 13.6. The molecule has 0 spiro atoms. The third-order valence-electron chi connectivity index (χ3n) is 6.05. The van der Waals surface area contributed by atoms with Crippen LogP contribution in [0.1, 0.15) is 34.6 Å². The SMILES string of the molecule is Cc1ccc(N2C(=S)N[C@H](c3ccccn3)[C@@H]2c2cccn2-c2ccc(F)cc2)cc1C. The minimum Gasteiger partial charge on any atom is -0.351 e. The van der Waals surface area contributed by atoms with Crippen molar-refractivity contribution < 1.29 is 4.39 Å². The Kier molecular flexibility index (Phi) is 5.23. The van der Waals surface area contributed by atoms with Crippen LogP contribution in [0.25, 0.3) is 5.69 Å². The molecule has 160 valence electrons. The Labute approximate surface area is 192 Å². The van der Waals surface area contributed by atoms with Gasteiger partial charge in [-0.25, -0.2) is 4.39 Å². The smallest absolute Gasteiger partial charge is 0.174 e. The van der Waals surface area contributed by atoms with Crippen LogP contribution in [-0.2, 0) is 0 Å². The Balaban J connectivity index is 1.67. The second kappa shape index (κ2) is 8.20. The first-order valence-electron chi connectivity index (χ1n) is 10.5. The molecule has 1 saturated heterocycles. The molecule has 1 aliphatic heterocycles. The summed E-state index contributed by atoms with van der Waals surface area (Å²) in [5, 5.41) is 4.15. The van der Waals surface area contributed by atoms with Gasteiger partial charge < -0.3 is 14.8 Å². The number of halogens is 1. The first kappa shape index (κ1) is 20.4. The van der Waals surface area contributed by atoms with E-state index < -0.39 is 0 Å². The third kappa shape index (κ3) is 3.56. The summed E-state index contributed by atoms with van der Waals surface area (Å²) in [4.78, 5) is 6.78. The summed E-state index contributed by atoms with van der Waals surface area (Å²) in [6.07, 6.45) is 3.80. The first-order chi connectivity index (χ1) is 15.5. The van der Waals surface area contributed by atoms with E-state index in [4.69, 9.17) is 12.2 Å². The van der Waals surface area contributed by atoms with Crippen LogP contribution in [0.5, 0.6) is 0 Å². The van der Waals surface area contributed by atoms with Crippen molar-refractivity contribution in [1.82, 2.24) is 14.9 Å². The van der Waals surface area contributed by atoms with E-state index in [1.54, 1.807) is 18.3 Å². The van der Waals surface area contributed by atoms with E-state index in [-0.39, 0.29) is 17.9 Å². The van der Waals surface area contributed by atoms with E-state index in [0.29, 0.717) is 5.11 Å². The van der Waals surface area contributed by atoms with Crippen molar-refractivity contribution in [3.63, 3.8) is 0 Å². The number of nitrogens with zero attached hydrogens (tertiary/aromatic N) is 3. The van der Waals surface area contributed by atoms with Crippen LogP contribution in [0.2, 0.25) is 0 Å². The number of hydrogen-bond donors (Lipinski definition) is 1. The van der Waals surface area contributed by atoms with Crippen molar-refractivity contribution in [2.45, 2.75) is 25.9 Å². The standard InChI is InChI=1S/C26H23FN4S/c1-17-8-11-21(16-18(17)2)31-25(24(29-26(31)32)22-6-3-4-14-28-22)23-7-5-15-30(23)20-12-9-19(27)10-13-20/h3-16,24-25H,1-2H3,(H,29,32)/t24-,25+/m1/s1. The van der Waals surface area contributed by atoms with Gasteiger partial charge in [-0.15, -0.1) is 0 Å². The highest BCUT2D eigenvalue weighted by molar-refractivity contribution is 7.80. The highest BCUT2D eigenvalue weighted by Crippen LogP contribution is 2.42. The van der Waals surface area contributed by atoms with Gasteiger partial charge in [0.15, 0.2) is 5.11 Å². The Hall–Kier alpha value is -3.51. The lowest BCUT2D eigenvalue weighted by molar-refractivity contribution is 0.549. The van der Waals surface area contributed by atoms with E-state index in [9.17, 15) is 4.39 Å². The molecule has 4 aromatic rings. The van der Waals surface area contributed by atoms with Crippen molar-refractivity contribution in [2.75, 3.05) is 4.90 Å². The Morgan fingerprint density at radius 2 is 1.69 bits per heavy atom. The molecule has 0 saturated carbocycles. The van der Waals surface area contributed by atoms with E-state index in [1.807, 2.05) is 30.5 Å². The molecule has 2 aromatic heterocycles. The monoisotopic (exact) mass is 442 g/mol. The summed E-state index contributed by atoms with van der Waals surface area (Å²) >= 11 is 5.83. The van der Waals surface area contributed by atoms with Crippen LogP contribution in [0.15, 0.2) is 85.2 Å². The lowest BCUT2D eigenvalue weighted by Gasteiger charge is -2.29. The zero-order chi connectivity index (χ0) is 22.2. The predicted molar refractivity (Wildman–Crippen MR) is 130 cm³/mol. The molecule has 0 radical (unpaired) electrons. The van der Waals surface area contributed by atoms with Gasteiger partial charge in [0.25, 0.3) is 0 Å². The number of thiocarbonyl (C=S) groups is 1. The number of hydrogen-bond acceptors (Lipinski definition) is 2. The fraction of sp³-hybridized carbons (Fsp3) is 0.154. The molecule has 1 fully saturated rings. The van der Waals surface area contributed by atoms with Crippen molar-refractivity contribution in [3.05, 3.63) is 114 Å². The molecule has 4 nitrogen and oxygen atoms in total. The van der Waals surface area contributed by atoms with E-state index in [0.717, 1.165) is 22.8 Å². The molecule has 3 heterocycles. The zero-order valence-electron chi connectivity index (χ0n) is 17.9. The Bertz CT molecular complexity index is 1270. The van der Waals surface area contributed by atoms with Crippen molar-refractivity contribution in [3.8, 4) is 5.69 Å². The normalized spacial score (nSPS) is 18.1. The quantitative estimate of drug-likeness (QED) is 0.405. The summed E-state index contributed by atoms with van der Waals surface area (Å²) in [6.45, 7) is 4.21. The maximum atomic E-state index is 13.6. The molecule has 32 heavy (non-hydrogen) atoms. The average Bonchev–Trinajstić information content (AvgIpc) is 3.41. The highest BCUT2D eigenvalue weighted by Gasteiger charge is 2.42. The van der Waals surface area contributed by atoms with Gasteiger partial charge in [0.05, 0.1) is 11.7 Å². The molecule has 0 amide bonds. The lowest BCUT2D eigenvalue weighted by Crippen LogP contribution is -2.30. The van der Waals surface area contributed by atoms with E-state index >= 15 is 0 Å². The van der Waals surface area contributed by atoms with E-state index in [1.165, 1.54) is 23.3 Å². The molecular formula is C26H23FN4S. The third-order valence-corrected chi connectivity index (χ3v) is 6.37. The molecule has 6 heteroatoms. The number of anilines is 1. The molecule has 0 aliphatic carbocycles. The van der Waals surface area contributed by atoms with Crippen LogP contribution in [0.4, 0.5) is 10.1 Å². The van der Waals surface area contributed by atoms with Gasteiger partial charge in [0.2, 0.25) is 0 Å². The summed E-state index contributed by atoms with van der Waals surface area (Å²) in [5.41, 5.74) is 6.32. The molecule has 1 aliphatic rings. The van der Waals surface area contributed by atoms with Crippen molar-refractivity contribution in [1.29, 1.82) is 0 Å². The fourth-order valence-corrected chi connectivity index (χ4v) is 4.63. The lowest BCUT2D eigenvalue weighted by atomic mass is 10.00. The minimum absolute atomic E-state index is 0.139. The molecule has 2 atom stereocenters. The second-order valence-corrected chi connectivity index (χ2v) is 8.43. The number of nitrogens with one attached hydrogen (secondary N) is 1. The number of rotatable bonds is 4. The van der Waals surface area contributed by atoms with E-state index in [2.05, 4.69) is 57.9 Å². The first-order valence-corrected chi connectivity index (χ1v) is 10.9. The molecule has 2 aromatic carbocycles. The van der Waals surface area contributed by atoms with Gasteiger partial charge >= 0.3 is 0 Å². The number of benzene rings is 2. The highest BCUT2D eigenvalue weighted by atomic mass is 32.1. The predicted octanol–water partition coefficient (Wildman–Crippen LogP) is 5.81. The van der Waals surface area contributed by atoms with Gasteiger partial charge in [-0.2, -0.15) is 0 Å². The fourth-order valence-electron chi connectivity index (χ4n) is 4.28. The summed E-state index contributed by atoms with van der Waals surface area (Å²) in [5.74, 6) is -0.255. The zero-order valence-corrected chi connectivity index (χ0v) is 18.7.